The minimum atomic E-state index is 0.784. The first-order valence-corrected chi connectivity index (χ1v) is 39.9. The highest BCUT2D eigenvalue weighted by molar-refractivity contribution is 6.37. The molecule has 0 radical (unpaired) electrons. The molecule has 0 saturated heterocycles. The van der Waals surface area contributed by atoms with Crippen molar-refractivity contribution in [3.63, 3.8) is 0 Å². The molecule has 26 aromatic rings. The molecule has 0 N–H and O–H groups in total. The minimum absolute atomic E-state index is 0.784. The maximum atomic E-state index is 7.35. The van der Waals surface area contributed by atoms with E-state index in [9.17, 15) is 0 Å². The average molecular weight is 1470 g/mol. The van der Waals surface area contributed by atoms with Crippen molar-refractivity contribution in [2.24, 2.45) is 0 Å². The number of benzene rings is 22. The van der Waals surface area contributed by atoms with Crippen LogP contribution in [0.4, 0.5) is 0 Å². The second kappa shape index (κ2) is 24.1. The average Bonchev–Trinajstić information content (AvgIpc) is 1.26. The van der Waals surface area contributed by atoms with Gasteiger partial charge in [-0.15, -0.1) is 0 Å². The summed E-state index contributed by atoms with van der Waals surface area (Å²) >= 11 is 0. The highest BCUT2D eigenvalue weighted by Gasteiger charge is 2.28. The van der Waals surface area contributed by atoms with Crippen molar-refractivity contribution in [3.8, 4) is 77.9 Å². The zero-order valence-electron chi connectivity index (χ0n) is 62.4. The van der Waals surface area contributed by atoms with Crippen LogP contribution in [0.1, 0.15) is 0 Å². The molecule has 0 unspecified atom stereocenters. The zero-order valence-corrected chi connectivity index (χ0v) is 62.4. The monoisotopic (exact) mass is 1470 g/mol. The van der Waals surface area contributed by atoms with E-state index in [0.717, 1.165) is 143 Å². The number of furan rings is 4. The molecule has 22 aromatic carbocycles. The van der Waals surface area contributed by atoms with Crippen molar-refractivity contribution < 1.29 is 17.7 Å². The van der Waals surface area contributed by atoms with Crippen LogP contribution in [0.15, 0.2) is 394 Å². The largest absolute Gasteiger partial charge is 0.455 e. The van der Waals surface area contributed by atoms with Crippen molar-refractivity contribution in [2.75, 3.05) is 0 Å². The SMILES string of the molecule is c1ccc2c(-c3c4ccccc4c(-c4ccc(-c5ccc6c(c5)oc5c7cc(-c8ccc9c(c8)oc8c%10ccccc%10c%10oc%11cc(-c%12ccc(-c%13c%14ccccc%14c(-c%14cccc%15ccccc%14%15)c%14ccccc%13%14)c%13ccccc%12%13)ccc%11c%10c98)ccc7c7c8ccccc8oc7c65)c5ccccc45)c4ccccc34)cccc2c1. The van der Waals surface area contributed by atoms with Crippen LogP contribution in [0, 0.1) is 0 Å². The normalized spacial score (nSPS) is 12.3. The topological polar surface area (TPSA) is 52.6 Å². The van der Waals surface area contributed by atoms with Crippen LogP contribution >= 0.6 is 0 Å². The lowest BCUT2D eigenvalue weighted by Gasteiger charge is -2.20. The summed E-state index contributed by atoms with van der Waals surface area (Å²) in [6, 6.07) is 138. The number of fused-ring (bicyclic) bond motifs is 28. The fraction of sp³-hybridized carbons (Fsp3) is 0. The number of hydrogen-bond acceptors (Lipinski definition) is 4. The van der Waals surface area contributed by atoms with Crippen molar-refractivity contribution in [3.05, 3.63) is 376 Å². The van der Waals surface area contributed by atoms with E-state index in [1.807, 2.05) is 0 Å². The van der Waals surface area contributed by atoms with Crippen molar-refractivity contribution in [2.45, 2.75) is 0 Å². The quantitative estimate of drug-likeness (QED) is 0.149. The Morgan fingerprint density at radius 2 is 0.405 bits per heavy atom. The van der Waals surface area contributed by atoms with Gasteiger partial charge in [0.05, 0.1) is 5.39 Å². The summed E-state index contributed by atoms with van der Waals surface area (Å²) in [7, 11) is 0. The molecule has 0 aliphatic carbocycles. The molecule has 0 bridgehead atoms. The van der Waals surface area contributed by atoms with Gasteiger partial charge in [0.15, 0.2) is 0 Å². The second-order valence-corrected chi connectivity index (χ2v) is 31.3. The Labute approximate surface area is 662 Å². The van der Waals surface area contributed by atoms with E-state index in [1.165, 1.54) is 131 Å². The summed E-state index contributed by atoms with van der Waals surface area (Å²) in [6.45, 7) is 0. The molecule has 0 amide bonds. The second-order valence-electron chi connectivity index (χ2n) is 31.3. The van der Waals surface area contributed by atoms with E-state index in [1.54, 1.807) is 0 Å². The Kier molecular flexibility index (Phi) is 13.1. The van der Waals surface area contributed by atoms with Crippen molar-refractivity contribution in [1.82, 2.24) is 0 Å². The molecule has 0 spiro atoms. The fourth-order valence-electron chi connectivity index (χ4n) is 20.4. The van der Waals surface area contributed by atoms with Gasteiger partial charge in [-0.2, -0.15) is 0 Å². The van der Waals surface area contributed by atoms with Gasteiger partial charge < -0.3 is 17.7 Å². The Hall–Kier alpha value is -15.4. The van der Waals surface area contributed by atoms with Gasteiger partial charge in [0.2, 0.25) is 0 Å². The van der Waals surface area contributed by atoms with Gasteiger partial charge >= 0.3 is 0 Å². The fourth-order valence-corrected chi connectivity index (χ4v) is 20.4. The summed E-state index contributed by atoms with van der Waals surface area (Å²) in [6.07, 6.45) is 0. The van der Waals surface area contributed by atoms with Crippen molar-refractivity contribution >= 4 is 195 Å². The van der Waals surface area contributed by atoms with Crippen LogP contribution < -0.4 is 0 Å². The number of hydrogen-bond donors (Lipinski definition) is 0. The first kappa shape index (κ1) is 63.3. The molecule has 4 heteroatoms. The highest BCUT2D eigenvalue weighted by atomic mass is 16.4. The van der Waals surface area contributed by atoms with E-state index in [0.29, 0.717) is 0 Å². The Morgan fingerprint density at radius 1 is 0.129 bits per heavy atom. The zero-order chi connectivity index (χ0) is 75.5. The molecule has 0 fully saturated rings. The van der Waals surface area contributed by atoms with Gasteiger partial charge in [-0.25, -0.2) is 0 Å². The number of rotatable bonds is 7. The molecule has 0 aliphatic heterocycles. The molecule has 4 aromatic heterocycles. The smallest absolute Gasteiger partial charge is 0.147 e. The van der Waals surface area contributed by atoms with Gasteiger partial charge in [-0.3, -0.25) is 0 Å². The lowest BCUT2D eigenvalue weighted by molar-refractivity contribution is 0.665. The van der Waals surface area contributed by atoms with Gasteiger partial charge in [0, 0.05) is 53.9 Å². The Morgan fingerprint density at radius 3 is 0.836 bits per heavy atom. The molecule has 0 saturated carbocycles. The van der Waals surface area contributed by atoms with Crippen LogP contribution in [-0.4, -0.2) is 0 Å². The van der Waals surface area contributed by atoms with Crippen LogP contribution in [-0.2, 0) is 0 Å². The third kappa shape index (κ3) is 8.92. The predicted molar refractivity (Wildman–Crippen MR) is 489 cm³/mol. The third-order valence-corrected chi connectivity index (χ3v) is 25.4. The Bertz CT molecular complexity index is 8740. The van der Waals surface area contributed by atoms with Crippen molar-refractivity contribution in [1.29, 1.82) is 0 Å². The van der Waals surface area contributed by atoms with Gasteiger partial charge in [-0.05, 0) is 218 Å². The van der Waals surface area contributed by atoms with Crippen LogP contribution in [0.25, 0.3) is 273 Å². The first-order valence-electron chi connectivity index (χ1n) is 39.9. The minimum Gasteiger partial charge on any atom is -0.455 e. The van der Waals surface area contributed by atoms with Gasteiger partial charge in [-0.1, -0.05) is 328 Å². The summed E-state index contributed by atoms with van der Waals surface area (Å²) in [5, 5.41) is 31.8. The maximum Gasteiger partial charge on any atom is 0.147 e. The summed E-state index contributed by atoms with van der Waals surface area (Å²) < 4.78 is 28.8. The summed E-state index contributed by atoms with van der Waals surface area (Å²) in [4.78, 5) is 0. The van der Waals surface area contributed by atoms with Gasteiger partial charge in [0.1, 0.15) is 44.7 Å². The standard InChI is InChI=1S/C112H62O4/c1-3-27-69-63(23-1)25-21-44-77(69)101-79-33-9-13-37-83(79)103(84-38-14-10-34-80(84)101)87-57-55-71(73-29-5-7-31-75(73)87)67-49-53-94-99(61-67)115-110-91-42-18-17-41-90(91)109-106(107(94)110)93-52-48-66(60-98(93)114-109)65-47-51-89-96(59-65)111-108(112-105(89)92-43-19-20-46-97(92)113-112)95-54-50-68(62-100(95)116-111)72-56-58-88(76-32-8-6-30-74(72)76)104-85-39-15-11-35-81(85)102(82-36-12-16-40-86(82)104)78-45-22-26-64-24-2-4-28-70(64)78/h1-62H. The molecule has 534 valence electrons. The first-order chi connectivity index (χ1) is 57.6. The van der Waals surface area contributed by atoms with Gasteiger partial charge in [0.25, 0.3) is 0 Å². The molecule has 116 heavy (non-hydrogen) atoms. The van der Waals surface area contributed by atoms with E-state index in [-0.39, 0.29) is 0 Å². The third-order valence-electron chi connectivity index (χ3n) is 25.4. The van der Waals surface area contributed by atoms with Crippen LogP contribution in [0.5, 0.6) is 0 Å². The van der Waals surface area contributed by atoms with E-state index in [2.05, 4.69) is 376 Å². The Balaban J connectivity index is 0.597. The molecule has 0 atom stereocenters. The lowest BCUT2D eigenvalue weighted by Crippen LogP contribution is -1.93. The number of para-hydroxylation sites is 1. The van der Waals surface area contributed by atoms with Crippen LogP contribution in [0.2, 0.25) is 0 Å². The molecule has 26 rings (SSSR count). The highest BCUT2D eigenvalue weighted by Crippen LogP contribution is 2.54. The van der Waals surface area contributed by atoms with E-state index >= 15 is 0 Å². The van der Waals surface area contributed by atoms with E-state index in [4.69, 9.17) is 17.7 Å². The maximum absolute atomic E-state index is 7.35. The molecular formula is C112H62O4. The van der Waals surface area contributed by atoms with E-state index < -0.39 is 0 Å². The lowest BCUT2D eigenvalue weighted by atomic mass is 9.83. The molecule has 4 heterocycles. The molecule has 4 nitrogen and oxygen atoms in total. The molecular weight excluding hydrogens is 1410 g/mol. The van der Waals surface area contributed by atoms with Crippen LogP contribution in [0.3, 0.4) is 0 Å². The molecule has 0 aliphatic rings. The summed E-state index contributed by atoms with van der Waals surface area (Å²) in [5.74, 6) is 0. The summed E-state index contributed by atoms with van der Waals surface area (Å²) in [5.41, 5.74) is 22.9. The predicted octanol–water partition coefficient (Wildman–Crippen LogP) is 32.5.